The fraction of sp³-hybridized carbons (Fsp3) is 0.577. The lowest BCUT2D eigenvalue weighted by Crippen LogP contribution is -2.45. The van der Waals surface area contributed by atoms with Crippen molar-refractivity contribution in [2.45, 2.75) is 64.5 Å². The van der Waals surface area contributed by atoms with Gasteiger partial charge in [0.25, 0.3) is 0 Å². The van der Waals surface area contributed by atoms with Crippen molar-refractivity contribution in [2.24, 2.45) is 0 Å². The number of amides is 2. The van der Waals surface area contributed by atoms with Crippen LogP contribution in [-0.2, 0) is 27.4 Å². The van der Waals surface area contributed by atoms with E-state index in [0.717, 1.165) is 57.5 Å². The first kappa shape index (κ1) is 25.7. The maximum absolute atomic E-state index is 12.4. The number of benzene rings is 1. The molecule has 1 N–H and O–H groups in total. The molecule has 1 aromatic carbocycles. The molecule has 8 heteroatoms. The third-order valence-corrected chi connectivity index (χ3v) is 6.09. The summed E-state index contributed by atoms with van der Waals surface area (Å²) in [6.45, 7) is 6.00. The number of ether oxygens (including phenoxy) is 2. The van der Waals surface area contributed by atoms with Gasteiger partial charge in [-0.3, -0.25) is 4.79 Å². The highest BCUT2D eigenvalue weighted by Gasteiger charge is 2.26. The Balaban J connectivity index is 1.32. The van der Waals surface area contributed by atoms with E-state index in [1.54, 1.807) is 4.90 Å². The lowest BCUT2D eigenvalue weighted by Gasteiger charge is -2.31. The number of aryl methyl sites for hydroxylation is 1. The molecule has 1 aromatic heterocycles. The number of rotatable bonds is 13. The van der Waals surface area contributed by atoms with Gasteiger partial charge in [-0.1, -0.05) is 43.7 Å². The average molecular weight is 471 g/mol. The first-order valence-corrected chi connectivity index (χ1v) is 12.5. The van der Waals surface area contributed by atoms with Crippen molar-refractivity contribution in [1.82, 2.24) is 19.8 Å². The van der Waals surface area contributed by atoms with Gasteiger partial charge in [-0.2, -0.15) is 0 Å². The lowest BCUT2D eigenvalue weighted by atomic mass is 9.96. The van der Waals surface area contributed by atoms with Gasteiger partial charge in [0.1, 0.15) is 12.4 Å². The van der Waals surface area contributed by atoms with Crippen molar-refractivity contribution in [3.05, 3.63) is 54.1 Å². The molecule has 1 aliphatic rings. The van der Waals surface area contributed by atoms with Gasteiger partial charge in [0, 0.05) is 44.6 Å². The predicted molar refractivity (Wildman–Crippen MR) is 130 cm³/mol. The fourth-order valence-corrected chi connectivity index (χ4v) is 4.10. The molecular weight excluding hydrogens is 432 g/mol. The van der Waals surface area contributed by atoms with E-state index >= 15 is 0 Å². The van der Waals surface area contributed by atoms with Gasteiger partial charge in [0.15, 0.2) is 0 Å². The molecule has 8 nitrogen and oxygen atoms in total. The van der Waals surface area contributed by atoms with Gasteiger partial charge in [0.2, 0.25) is 0 Å². The van der Waals surface area contributed by atoms with Gasteiger partial charge in [-0.15, -0.1) is 0 Å². The van der Waals surface area contributed by atoms with Crippen molar-refractivity contribution >= 4 is 12.0 Å². The average Bonchev–Trinajstić information content (AvgIpc) is 3.34. The molecule has 186 valence electrons. The van der Waals surface area contributed by atoms with Crippen molar-refractivity contribution in [3.8, 4) is 0 Å². The van der Waals surface area contributed by atoms with Gasteiger partial charge >= 0.3 is 12.0 Å². The molecule has 34 heavy (non-hydrogen) atoms. The third kappa shape index (κ3) is 8.48. The van der Waals surface area contributed by atoms with Crippen LogP contribution in [0.25, 0.3) is 0 Å². The molecule has 0 spiro atoms. The third-order valence-electron chi connectivity index (χ3n) is 6.09. The van der Waals surface area contributed by atoms with Crippen LogP contribution >= 0.6 is 0 Å². The summed E-state index contributed by atoms with van der Waals surface area (Å²) in [4.78, 5) is 30.5. The number of carbonyl (C=O) groups is 2. The molecule has 3 rings (SSSR count). The van der Waals surface area contributed by atoms with E-state index in [-0.39, 0.29) is 18.5 Å². The van der Waals surface area contributed by atoms with Crippen molar-refractivity contribution in [2.75, 3.05) is 32.8 Å². The molecule has 1 fully saturated rings. The van der Waals surface area contributed by atoms with Crippen LogP contribution in [0.15, 0.2) is 42.7 Å². The Labute approximate surface area is 202 Å². The number of unbranched alkanes of at least 4 members (excludes halogenated alkanes) is 2. The van der Waals surface area contributed by atoms with E-state index in [1.807, 2.05) is 37.5 Å². The maximum atomic E-state index is 12.4. The zero-order valence-corrected chi connectivity index (χ0v) is 20.3. The Morgan fingerprint density at radius 1 is 1.09 bits per heavy atom. The molecule has 2 aromatic rings. The van der Waals surface area contributed by atoms with E-state index in [1.165, 1.54) is 5.56 Å². The number of hydrogen-bond donors (Lipinski definition) is 1. The number of imidazole rings is 1. The quantitative estimate of drug-likeness (QED) is 0.352. The second kappa shape index (κ2) is 14.4. The van der Waals surface area contributed by atoms with E-state index in [2.05, 4.69) is 27.0 Å². The second-order valence-electron chi connectivity index (χ2n) is 8.72. The van der Waals surface area contributed by atoms with Crippen LogP contribution < -0.4 is 5.32 Å². The monoisotopic (exact) mass is 470 g/mol. The second-order valence-corrected chi connectivity index (χ2v) is 8.72. The van der Waals surface area contributed by atoms with Crippen LogP contribution in [0.1, 0.15) is 62.8 Å². The first-order chi connectivity index (χ1) is 16.7. The predicted octanol–water partition coefficient (Wildman–Crippen LogP) is 4.11. The minimum Gasteiger partial charge on any atom is -0.464 e. The minimum absolute atomic E-state index is 0.0814. The summed E-state index contributed by atoms with van der Waals surface area (Å²) in [5.74, 6) is 1.06. The molecule has 1 saturated heterocycles. The van der Waals surface area contributed by atoms with Crippen molar-refractivity contribution in [1.29, 1.82) is 0 Å². The Kier molecular flexibility index (Phi) is 10.9. The van der Waals surface area contributed by atoms with Gasteiger partial charge in [-0.25, -0.2) is 9.78 Å². The number of esters is 1. The largest absolute Gasteiger partial charge is 0.464 e. The van der Waals surface area contributed by atoms with Crippen molar-refractivity contribution in [3.63, 3.8) is 0 Å². The summed E-state index contributed by atoms with van der Waals surface area (Å²) in [5.41, 5.74) is 1.20. The highest BCUT2D eigenvalue weighted by atomic mass is 16.5. The van der Waals surface area contributed by atoms with Crippen LogP contribution in [-0.4, -0.2) is 59.3 Å². The number of carbonyl (C=O) groups excluding carboxylic acids is 2. The zero-order chi connectivity index (χ0) is 24.0. The number of nitrogens with zero attached hydrogens (tertiary/aromatic N) is 3. The highest BCUT2D eigenvalue weighted by Crippen LogP contribution is 2.27. The van der Waals surface area contributed by atoms with Crippen molar-refractivity contribution < 1.29 is 19.1 Å². The molecule has 0 aliphatic carbocycles. The molecule has 0 saturated carbocycles. The number of hydrogen-bond acceptors (Lipinski definition) is 5. The molecule has 2 amide bonds. The van der Waals surface area contributed by atoms with Crippen LogP contribution in [0.5, 0.6) is 0 Å². The van der Waals surface area contributed by atoms with Crippen LogP contribution in [0.3, 0.4) is 0 Å². The SMILES string of the molecule is CCCCOC(=O)CNC(=O)N1CCC(c2nccn2CCCCOCc2ccccc2)CC1. The standard InChI is InChI=1S/C26H38N4O4/c1-2-3-19-34-24(31)20-28-26(32)30-15-11-23(12-16-30)25-27-13-17-29(25)14-7-8-18-33-21-22-9-5-4-6-10-22/h4-6,9-10,13,17,23H,2-3,7-8,11-12,14-16,18-21H2,1H3,(H,28,32). The summed E-state index contributed by atoms with van der Waals surface area (Å²) in [6, 6.07) is 10.0. The van der Waals surface area contributed by atoms with E-state index in [0.29, 0.717) is 32.2 Å². The molecule has 0 bridgehead atoms. The van der Waals surface area contributed by atoms with E-state index in [9.17, 15) is 9.59 Å². The Bertz CT molecular complexity index is 863. The van der Waals surface area contributed by atoms with Crippen LogP contribution in [0, 0.1) is 0 Å². The van der Waals surface area contributed by atoms with Gasteiger partial charge in [0.05, 0.1) is 13.2 Å². The smallest absolute Gasteiger partial charge is 0.325 e. The van der Waals surface area contributed by atoms with Gasteiger partial charge in [-0.05, 0) is 37.7 Å². The topological polar surface area (TPSA) is 85.7 Å². The molecule has 0 radical (unpaired) electrons. The summed E-state index contributed by atoms with van der Waals surface area (Å²) in [6.07, 6.45) is 9.49. The molecule has 1 aliphatic heterocycles. The number of aromatic nitrogens is 2. The summed E-state index contributed by atoms with van der Waals surface area (Å²) in [7, 11) is 0. The van der Waals surface area contributed by atoms with Crippen LogP contribution in [0.2, 0.25) is 0 Å². The zero-order valence-electron chi connectivity index (χ0n) is 20.3. The molecule has 2 heterocycles. The van der Waals surface area contributed by atoms with Gasteiger partial charge < -0.3 is 24.3 Å². The summed E-state index contributed by atoms with van der Waals surface area (Å²) in [5, 5.41) is 2.67. The fourth-order valence-electron chi connectivity index (χ4n) is 4.10. The Morgan fingerprint density at radius 3 is 2.65 bits per heavy atom. The molecule has 0 unspecified atom stereocenters. The lowest BCUT2D eigenvalue weighted by molar-refractivity contribution is -0.142. The highest BCUT2D eigenvalue weighted by molar-refractivity contribution is 5.80. The summed E-state index contributed by atoms with van der Waals surface area (Å²) < 4.78 is 13.1. The number of likely N-dealkylation sites (tertiary alicyclic amines) is 1. The number of piperidine rings is 1. The summed E-state index contributed by atoms with van der Waals surface area (Å²) >= 11 is 0. The first-order valence-electron chi connectivity index (χ1n) is 12.5. The molecule has 0 atom stereocenters. The number of urea groups is 1. The Morgan fingerprint density at radius 2 is 1.88 bits per heavy atom. The number of nitrogens with one attached hydrogen (secondary N) is 1. The van der Waals surface area contributed by atoms with E-state index < -0.39 is 0 Å². The van der Waals surface area contributed by atoms with Crippen LogP contribution in [0.4, 0.5) is 4.79 Å². The van der Waals surface area contributed by atoms with E-state index in [4.69, 9.17) is 9.47 Å². The normalized spacial score (nSPS) is 14.2. The Hall–Kier alpha value is -2.87. The maximum Gasteiger partial charge on any atom is 0.325 e. The minimum atomic E-state index is -0.385. The molecular formula is C26H38N4O4.